The molecule has 1 aliphatic carbocycles. The van der Waals surface area contributed by atoms with Gasteiger partial charge in [0, 0.05) is 18.4 Å². The Balaban J connectivity index is 1.33. The Labute approximate surface area is 140 Å². The fraction of sp³-hybridized carbons (Fsp3) is 0.500. The summed E-state index contributed by atoms with van der Waals surface area (Å²) in [5.74, 6) is 1.83. The molecule has 1 saturated carbocycles. The van der Waals surface area contributed by atoms with E-state index in [1.807, 2.05) is 24.3 Å². The Bertz CT molecular complexity index is 829. The van der Waals surface area contributed by atoms with Gasteiger partial charge in [-0.2, -0.15) is 4.98 Å². The number of nitrogens with zero attached hydrogens (tertiary/aromatic N) is 2. The zero-order valence-electron chi connectivity index (χ0n) is 13.1. The van der Waals surface area contributed by atoms with E-state index in [2.05, 4.69) is 14.9 Å². The summed E-state index contributed by atoms with van der Waals surface area (Å²) >= 11 is 0. The van der Waals surface area contributed by atoms with Crippen molar-refractivity contribution in [1.82, 2.24) is 14.9 Å². The van der Waals surface area contributed by atoms with Crippen LogP contribution in [0.4, 0.5) is 0 Å². The molecular formula is C16H19N3O4S. The molecule has 7 nitrogen and oxygen atoms in total. The fourth-order valence-corrected chi connectivity index (χ4v) is 3.86. The van der Waals surface area contributed by atoms with E-state index in [0.717, 1.165) is 30.6 Å². The van der Waals surface area contributed by atoms with Crippen molar-refractivity contribution >= 4 is 10.0 Å². The molecule has 0 radical (unpaired) electrons. The molecule has 0 bridgehead atoms. The third kappa shape index (κ3) is 3.59. The number of hydrogen-bond acceptors (Lipinski definition) is 6. The maximum absolute atomic E-state index is 12.2. The quantitative estimate of drug-likeness (QED) is 0.851. The molecular weight excluding hydrogens is 330 g/mol. The van der Waals surface area contributed by atoms with Gasteiger partial charge in [-0.05, 0) is 30.9 Å². The first-order chi connectivity index (χ1) is 11.6. The van der Waals surface area contributed by atoms with Crippen molar-refractivity contribution in [2.75, 3.05) is 13.2 Å². The summed E-state index contributed by atoms with van der Waals surface area (Å²) in [6, 6.07) is 7.84. The second kappa shape index (κ2) is 6.18. The maximum Gasteiger partial charge on any atom is 0.229 e. The third-order valence-corrected chi connectivity index (χ3v) is 5.52. The second-order valence-electron chi connectivity index (χ2n) is 6.42. The van der Waals surface area contributed by atoms with E-state index in [9.17, 15) is 8.42 Å². The second-order valence-corrected chi connectivity index (χ2v) is 8.23. The molecule has 0 spiro atoms. The number of fused-ring (bicyclic) bond motifs is 1. The lowest BCUT2D eigenvalue weighted by molar-refractivity contribution is 0.223. The minimum absolute atomic E-state index is 0.113. The lowest BCUT2D eigenvalue weighted by Gasteiger charge is -2.25. The van der Waals surface area contributed by atoms with Gasteiger partial charge in [-0.25, -0.2) is 13.1 Å². The molecule has 1 unspecified atom stereocenters. The molecule has 1 N–H and O–H groups in total. The van der Waals surface area contributed by atoms with Crippen LogP contribution in [0.2, 0.25) is 0 Å². The SMILES string of the molecule is O=S(=O)(Cc1noc(C2CC2)n1)NCC1COc2ccccc2C1. The van der Waals surface area contributed by atoms with Crippen molar-refractivity contribution in [3.05, 3.63) is 41.5 Å². The predicted molar refractivity (Wildman–Crippen MR) is 86.0 cm³/mol. The lowest BCUT2D eigenvalue weighted by Crippen LogP contribution is -2.35. The van der Waals surface area contributed by atoms with E-state index in [1.54, 1.807) is 0 Å². The van der Waals surface area contributed by atoms with Crippen LogP contribution in [0.25, 0.3) is 0 Å². The van der Waals surface area contributed by atoms with Crippen LogP contribution in [0.15, 0.2) is 28.8 Å². The number of sulfonamides is 1. The summed E-state index contributed by atoms with van der Waals surface area (Å²) in [5, 5.41) is 3.76. The van der Waals surface area contributed by atoms with E-state index in [0.29, 0.717) is 25.0 Å². The minimum Gasteiger partial charge on any atom is -0.493 e. The van der Waals surface area contributed by atoms with Crippen molar-refractivity contribution in [2.45, 2.75) is 30.9 Å². The average Bonchev–Trinajstić information content (AvgIpc) is 3.33. The molecule has 1 aliphatic heterocycles. The van der Waals surface area contributed by atoms with E-state index >= 15 is 0 Å². The molecule has 128 valence electrons. The highest BCUT2D eigenvalue weighted by Crippen LogP contribution is 2.38. The van der Waals surface area contributed by atoms with Crippen molar-refractivity contribution in [1.29, 1.82) is 0 Å². The molecule has 1 atom stereocenters. The Kier molecular flexibility index (Phi) is 4.01. The van der Waals surface area contributed by atoms with Gasteiger partial charge < -0.3 is 9.26 Å². The molecule has 2 aromatic rings. The number of hydrogen-bond donors (Lipinski definition) is 1. The molecule has 1 aromatic carbocycles. The van der Waals surface area contributed by atoms with Crippen LogP contribution in [0.5, 0.6) is 5.75 Å². The first kappa shape index (κ1) is 15.6. The van der Waals surface area contributed by atoms with Crippen LogP contribution < -0.4 is 9.46 Å². The highest BCUT2D eigenvalue weighted by Gasteiger charge is 2.30. The zero-order chi connectivity index (χ0) is 16.6. The normalized spacial score (nSPS) is 20.4. The van der Waals surface area contributed by atoms with E-state index in [-0.39, 0.29) is 17.5 Å². The molecule has 2 heterocycles. The number of rotatable bonds is 6. The van der Waals surface area contributed by atoms with Crippen molar-refractivity contribution in [3.8, 4) is 5.75 Å². The number of ether oxygens (including phenoxy) is 1. The summed E-state index contributed by atoms with van der Waals surface area (Å²) in [5.41, 5.74) is 1.11. The smallest absolute Gasteiger partial charge is 0.229 e. The standard InChI is InChI=1S/C16H19N3O4S/c20-24(21,10-15-18-16(23-19-15)12-5-6-12)17-8-11-7-13-3-1-2-4-14(13)22-9-11/h1-4,11-12,17H,5-10H2. The van der Waals surface area contributed by atoms with Crippen LogP contribution >= 0.6 is 0 Å². The summed E-state index contributed by atoms with van der Waals surface area (Å²) in [6.07, 6.45) is 2.87. The fourth-order valence-electron chi connectivity index (χ4n) is 2.81. The molecule has 24 heavy (non-hydrogen) atoms. The third-order valence-electron chi connectivity index (χ3n) is 4.28. The van der Waals surface area contributed by atoms with E-state index < -0.39 is 10.0 Å². The van der Waals surface area contributed by atoms with Crippen LogP contribution in [-0.2, 0) is 22.2 Å². The van der Waals surface area contributed by atoms with Crippen LogP contribution in [0.3, 0.4) is 0 Å². The van der Waals surface area contributed by atoms with Gasteiger partial charge in [0.2, 0.25) is 15.9 Å². The molecule has 0 amide bonds. The minimum atomic E-state index is -3.49. The molecule has 2 aliphatic rings. The van der Waals surface area contributed by atoms with Gasteiger partial charge in [0.15, 0.2) is 5.82 Å². The Morgan fingerprint density at radius 1 is 1.25 bits per heavy atom. The van der Waals surface area contributed by atoms with Crippen LogP contribution in [0.1, 0.15) is 36.0 Å². The monoisotopic (exact) mass is 349 g/mol. The van der Waals surface area contributed by atoms with E-state index in [4.69, 9.17) is 9.26 Å². The first-order valence-corrected chi connectivity index (χ1v) is 9.75. The van der Waals surface area contributed by atoms with Crippen LogP contribution in [-0.4, -0.2) is 31.7 Å². The lowest BCUT2D eigenvalue weighted by atomic mass is 9.97. The zero-order valence-corrected chi connectivity index (χ0v) is 14.0. The maximum atomic E-state index is 12.2. The largest absolute Gasteiger partial charge is 0.493 e. The van der Waals surface area contributed by atoms with Gasteiger partial charge in [-0.15, -0.1) is 0 Å². The van der Waals surface area contributed by atoms with Crippen molar-refractivity contribution < 1.29 is 17.7 Å². The molecule has 4 rings (SSSR count). The summed E-state index contributed by atoms with van der Waals surface area (Å²) in [6.45, 7) is 0.845. The number of nitrogens with one attached hydrogen (secondary N) is 1. The van der Waals surface area contributed by atoms with Crippen LogP contribution in [0, 0.1) is 5.92 Å². The Morgan fingerprint density at radius 3 is 2.92 bits per heavy atom. The van der Waals surface area contributed by atoms with Gasteiger partial charge in [0.25, 0.3) is 0 Å². The van der Waals surface area contributed by atoms with E-state index in [1.165, 1.54) is 0 Å². The summed E-state index contributed by atoms with van der Waals surface area (Å²) in [7, 11) is -3.49. The van der Waals surface area contributed by atoms with Crippen molar-refractivity contribution in [2.24, 2.45) is 5.92 Å². The van der Waals surface area contributed by atoms with Gasteiger partial charge in [0.05, 0.1) is 6.61 Å². The Morgan fingerprint density at radius 2 is 2.08 bits per heavy atom. The highest BCUT2D eigenvalue weighted by atomic mass is 32.2. The summed E-state index contributed by atoms with van der Waals surface area (Å²) < 4.78 is 37.8. The molecule has 8 heteroatoms. The molecule has 0 saturated heterocycles. The first-order valence-electron chi connectivity index (χ1n) is 8.09. The van der Waals surface area contributed by atoms with Crippen molar-refractivity contribution in [3.63, 3.8) is 0 Å². The van der Waals surface area contributed by atoms with Gasteiger partial charge in [0.1, 0.15) is 11.5 Å². The highest BCUT2D eigenvalue weighted by molar-refractivity contribution is 7.88. The van der Waals surface area contributed by atoms with Gasteiger partial charge in [-0.1, -0.05) is 23.4 Å². The van der Waals surface area contributed by atoms with Gasteiger partial charge in [-0.3, -0.25) is 0 Å². The van der Waals surface area contributed by atoms with Gasteiger partial charge >= 0.3 is 0 Å². The molecule has 1 fully saturated rings. The Hall–Kier alpha value is -1.93. The number of para-hydroxylation sites is 1. The predicted octanol–water partition coefficient (Wildman–Crippen LogP) is 1.62. The molecule has 1 aromatic heterocycles. The topological polar surface area (TPSA) is 94.3 Å². The summed E-state index contributed by atoms with van der Waals surface area (Å²) in [4.78, 5) is 4.16. The number of benzene rings is 1. The number of aromatic nitrogens is 2. The average molecular weight is 349 g/mol.